The maximum absolute atomic E-state index is 10.9. The third kappa shape index (κ3) is 1.70. The van der Waals surface area contributed by atoms with Crippen LogP contribution >= 0.6 is 0 Å². The van der Waals surface area contributed by atoms with E-state index >= 15 is 0 Å². The van der Waals surface area contributed by atoms with E-state index in [1.54, 1.807) is 0 Å². The van der Waals surface area contributed by atoms with Crippen LogP contribution in [0.15, 0.2) is 12.3 Å². The van der Waals surface area contributed by atoms with Gasteiger partial charge in [0.25, 0.3) is 0 Å². The number of amides is 1. The minimum atomic E-state index is -0.835. The molecule has 0 aromatic carbocycles. The van der Waals surface area contributed by atoms with Gasteiger partial charge in [-0.05, 0) is 13.0 Å². The summed E-state index contributed by atoms with van der Waals surface area (Å²) in [6, 6.07) is 2.00. The van der Waals surface area contributed by atoms with Gasteiger partial charge in [0.05, 0.1) is 5.69 Å². The van der Waals surface area contributed by atoms with Crippen molar-refractivity contribution in [3.63, 3.8) is 0 Å². The number of likely N-dealkylation sites (tertiary alicyclic amines) is 1. The quantitative estimate of drug-likeness (QED) is 0.761. The molecule has 3 rings (SSSR count). The van der Waals surface area contributed by atoms with E-state index in [9.17, 15) is 4.79 Å². The monoisotopic (exact) mass is 248 g/mol. The minimum Gasteiger partial charge on any atom is -0.485 e. The van der Waals surface area contributed by atoms with Gasteiger partial charge in [-0.3, -0.25) is 4.98 Å². The number of hydrogen-bond acceptors (Lipinski definition) is 3. The van der Waals surface area contributed by atoms with E-state index in [1.165, 1.54) is 10.5 Å². The summed E-state index contributed by atoms with van der Waals surface area (Å²) in [4.78, 5) is 16.6. The van der Waals surface area contributed by atoms with Gasteiger partial charge in [0.2, 0.25) is 0 Å². The molecule has 96 valence electrons. The molecule has 1 N–H and O–H groups in total. The van der Waals surface area contributed by atoms with Crippen molar-refractivity contribution in [2.45, 2.75) is 31.8 Å². The van der Waals surface area contributed by atoms with Gasteiger partial charge in [0, 0.05) is 44.1 Å². The Labute approximate surface area is 105 Å². The van der Waals surface area contributed by atoms with E-state index in [0.29, 0.717) is 13.1 Å². The van der Waals surface area contributed by atoms with Crippen LogP contribution in [0.25, 0.3) is 0 Å². The summed E-state index contributed by atoms with van der Waals surface area (Å²) in [5.74, 6) is 0.904. The lowest BCUT2D eigenvalue weighted by Gasteiger charge is -2.37. The maximum atomic E-state index is 10.9. The number of aromatic nitrogens is 1. The number of pyridine rings is 1. The van der Waals surface area contributed by atoms with Crippen molar-refractivity contribution in [2.75, 3.05) is 13.1 Å². The zero-order valence-corrected chi connectivity index (χ0v) is 10.3. The molecule has 3 heterocycles. The van der Waals surface area contributed by atoms with Crippen LogP contribution in [-0.2, 0) is 6.42 Å². The SMILES string of the molecule is Cc1nccc2c1OC1(CCN(C(=O)O)CC1)C2. The van der Waals surface area contributed by atoms with Crippen LogP contribution in [0.2, 0.25) is 0 Å². The molecule has 1 fully saturated rings. The van der Waals surface area contributed by atoms with E-state index in [1.807, 2.05) is 19.2 Å². The molecular weight excluding hydrogens is 232 g/mol. The van der Waals surface area contributed by atoms with Gasteiger partial charge in [0.1, 0.15) is 11.4 Å². The first-order chi connectivity index (χ1) is 8.60. The highest BCUT2D eigenvalue weighted by Crippen LogP contribution is 2.41. The summed E-state index contributed by atoms with van der Waals surface area (Å²) in [5.41, 5.74) is 1.92. The first-order valence-electron chi connectivity index (χ1n) is 6.21. The Kier molecular flexibility index (Phi) is 2.43. The minimum absolute atomic E-state index is 0.206. The van der Waals surface area contributed by atoms with Crippen LogP contribution in [0, 0.1) is 6.92 Å². The Bertz CT molecular complexity index is 493. The first-order valence-corrected chi connectivity index (χ1v) is 6.21. The van der Waals surface area contributed by atoms with E-state index in [4.69, 9.17) is 9.84 Å². The number of piperidine rings is 1. The fraction of sp³-hybridized carbons (Fsp3) is 0.538. The van der Waals surface area contributed by atoms with Crippen molar-refractivity contribution in [3.05, 3.63) is 23.5 Å². The van der Waals surface area contributed by atoms with Gasteiger partial charge < -0.3 is 14.7 Å². The van der Waals surface area contributed by atoms with E-state index < -0.39 is 6.09 Å². The third-order valence-corrected chi connectivity index (χ3v) is 3.94. The molecular formula is C13H16N2O3. The van der Waals surface area contributed by atoms with Crippen LogP contribution in [0.4, 0.5) is 4.79 Å². The van der Waals surface area contributed by atoms with Crippen LogP contribution in [0.1, 0.15) is 24.1 Å². The number of nitrogens with zero attached hydrogens (tertiary/aromatic N) is 2. The highest BCUT2D eigenvalue weighted by Gasteiger charge is 2.43. The van der Waals surface area contributed by atoms with Crippen LogP contribution < -0.4 is 4.74 Å². The zero-order chi connectivity index (χ0) is 12.8. The smallest absolute Gasteiger partial charge is 0.407 e. The second-order valence-corrected chi connectivity index (χ2v) is 5.12. The van der Waals surface area contributed by atoms with Gasteiger partial charge in [0.15, 0.2) is 0 Å². The van der Waals surface area contributed by atoms with E-state index in [0.717, 1.165) is 30.7 Å². The Morgan fingerprint density at radius 3 is 2.83 bits per heavy atom. The number of hydrogen-bond donors (Lipinski definition) is 1. The summed E-state index contributed by atoms with van der Waals surface area (Å²) in [5, 5.41) is 8.96. The molecule has 2 aliphatic rings. The molecule has 5 heteroatoms. The third-order valence-electron chi connectivity index (χ3n) is 3.94. The van der Waals surface area contributed by atoms with Crippen LogP contribution in [-0.4, -0.2) is 39.8 Å². The van der Waals surface area contributed by atoms with Gasteiger partial charge in [-0.1, -0.05) is 0 Å². The molecule has 0 atom stereocenters. The molecule has 18 heavy (non-hydrogen) atoms. The molecule has 1 spiro atoms. The largest absolute Gasteiger partial charge is 0.485 e. The summed E-state index contributed by atoms with van der Waals surface area (Å²) < 4.78 is 6.11. The van der Waals surface area contributed by atoms with Gasteiger partial charge in [-0.2, -0.15) is 0 Å². The van der Waals surface area contributed by atoms with Crippen molar-refractivity contribution >= 4 is 6.09 Å². The van der Waals surface area contributed by atoms with Gasteiger partial charge >= 0.3 is 6.09 Å². The van der Waals surface area contributed by atoms with E-state index in [2.05, 4.69) is 4.98 Å². The maximum Gasteiger partial charge on any atom is 0.407 e. The van der Waals surface area contributed by atoms with Crippen molar-refractivity contribution in [2.24, 2.45) is 0 Å². The molecule has 0 saturated carbocycles. The molecule has 2 aliphatic heterocycles. The molecule has 1 saturated heterocycles. The van der Waals surface area contributed by atoms with Crippen molar-refractivity contribution < 1.29 is 14.6 Å². The molecule has 1 aromatic heterocycles. The van der Waals surface area contributed by atoms with Crippen molar-refractivity contribution in [3.8, 4) is 5.75 Å². The van der Waals surface area contributed by atoms with Crippen LogP contribution in [0.3, 0.4) is 0 Å². The standard InChI is InChI=1S/C13H16N2O3/c1-9-11-10(2-5-14-9)8-13(18-11)3-6-15(7-4-13)12(16)17/h2,5H,3-4,6-8H2,1H3,(H,16,17). The molecule has 0 aliphatic carbocycles. The normalized spacial score (nSPS) is 20.6. The summed E-state index contributed by atoms with van der Waals surface area (Å²) in [6.07, 6.45) is 3.36. The average Bonchev–Trinajstić information content (AvgIpc) is 2.69. The summed E-state index contributed by atoms with van der Waals surface area (Å²) in [6.45, 7) is 3.05. The molecule has 0 radical (unpaired) electrons. The molecule has 1 aromatic rings. The number of rotatable bonds is 0. The number of carboxylic acid groups (broad SMARTS) is 1. The summed E-state index contributed by atoms with van der Waals surface area (Å²) in [7, 11) is 0. The number of fused-ring (bicyclic) bond motifs is 1. The fourth-order valence-corrected chi connectivity index (χ4v) is 2.87. The summed E-state index contributed by atoms with van der Waals surface area (Å²) >= 11 is 0. The number of ether oxygens (including phenoxy) is 1. The lowest BCUT2D eigenvalue weighted by molar-refractivity contribution is 0.0218. The lowest BCUT2D eigenvalue weighted by Crippen LogP contribution is -2.48. The second kappa shape index (κ2) is 3.86. The van der Waals surface area contributed by atoms with E-state index in [-0.39, 0.29) is 5.60 Å². The lowest BCUT2D eigenvalue weighted by atomic mass is 9.87. The number of carbonyl (C=O) groups is 1. The Balaban J connectivity index is 1.78. The highest BCUT2D eigenvalue weighted by atomic mass is 16.5. The predicted octanol–water partition coefficient (Wildman–Crippen LogP) is 1.84. The van der Waals surface area contributed by atoms with Crippen molar-refractivity contribution in [1.82, 2.24) is 9.88 Å². The van der Waals surface area contributed by atoms with Crippen LogP contribution in [0.5, 0.6) is 5.75 Å². The highest BCUT2D eigenvalue weighted by molar-refractivity contribution is 5.65. The zero-order valence-electron chi connectivity index (χ0n) is 10.3. The van der Waals surface area contributed by atoms with Gasteiger partial charge in [-0.25, -0.2) is 4.79 Å². The Morgan fingerprint density at radius 2 is 2.22 bits per heavy atom. The second-order valence-electron chi connectivity index (χ2n) is 5.12. The Morgan fingerprint density at radius 1 is 1.50 bits per heavy atom. The first kappa shape index (κ1) is 11.3. The molecule has 0 bridgehead atoms. The predicted molar refractivity (Wildman–Crippen MR) is 64.9 cm³/mol. The van der Waals surface area contributed by atoms with Gasteiger partial charge in [-0.15, -0.1) is 0 Å². The van der Waals surface area contributed by atoms with Crippen molar-refractivity contribution in [1.29, 1.82) is 0 Å². The average molecular weight is 248 g/mol. The topological polar surface area (TPSA) is 62.7 Å². The Hall–Kier alpha value is -1.78. The number of aryl methyl sites for hydroxylation is 1. The molecule has 1 amide bonds. The molecule has 5 nitrogen and oxygen atoms in total. The fourth-order valence-electron chi connectivity index (χ4n) is 2.87. The molecule has 0 unspecified atom stereocenters.